The number of nitrogens with zero attached hydrogens (tertiary/aromatic N) is 2. The summed E-state index contributed by atoms with van der Waals surface area (Å²) in [6, 6.07) is 0.160. The fourth-order valence-electron chi connectivity index (χ4n) is 2.62. The molecule has 1 fully saturated rings. The number of carbonyl (C=O) groups is 1. The molecule has 2 rings (SSSR count). The summed E-state index contributed by atoms with van der Waals surface area (Å²) >= 11 is 0. The first kappa shape index (κ1) is 12.1. The van der Waals surface area contributed by atoms with Gasteiger partial charge in [0.25, 0.3) is 0 Å². The molecule has 0 saturated carbocycles. The highest BCUT2D eigenvalue weighted by molar-refractivity contribution is 5.69. The van der Waals surface area contributed by atoms with Crippen LogP contribution in [0.1, 0.15) is 42.8 Å². The SMILES string of the molecule is CCc1noc(C)c1[C@@H]1CCCN1CC(=O)O. The molecule has 94 valence electrons. The summed E-state index contributed by atoms with van der Waals surface area (Å²) in [7, 11) is 0. The number of rotatable bonds is 4. The van der Waals surface area contributed by atoms with E-state index in [0.29, 0.717) is 0 Å². The number of carboxylic acids is 1. The molecule has 1 aromatic heterocycles. The monoisotopic (exact) mass is 238 g/mol. The van der Waals surface area contributed by atoms with Gasteiger partial charge in [0, 0.05) is 11.6 Å². The zero-order chi connectivity index (χ0) is 12.4. The van der Waals surface area contributed by atoms with E-state index >= 15 is 0 Å². The first-order chi connectivity index (χ1) is 8.13. The van der Waals surface area contributed by atoms with Gasteiger partial charge in [-0.3, -0.25) is 9.69 Å². The third-order valence-electron chi connectivity index (χ3n) is 3.35. The highest BCUT2D eigenvalue weighted by atomic mass is 16.5. The predicted octanol–water partition coefficient (Wildman–Crippen LogP) is 1.77. The van der Waals surface area contributed by atoms with E-state index in [4.69, 9.17) is 9.63 Å². The summed E-state index contributed by atoms with van der Waals surface area (Å²) in [6.45, 7) is 4.87. The van der Waals surface area contributed by atoms with E-state index < -0.39 is 5.97 Å². The van der Waals surface area contributed by atoms with Crippen LogP contribution in [-0.4, -0.2) is 34.2 Å². The molecule has 5 nitrogen and oxygen atoms in total. The van der Waals surface area contributed by atoms with Gasteiger partial charge in [0.05, 0.1) is 12.2 Å². The lowest BCUT2D eigenvalue weighted by molar-refractivity contribution is -0.138. The molecule has 2 heterocycles. The van der Waals surface area contributed by atoms with Crippen molar-refractivity contribution >= 4 is 5.97 Å². The summed E-state index contributed by atoms with van der Waals surface area (Å²) in [5.74, 6) is 0.0493. The lowest BCUT2D eigenvalue weighted by Crippen LogP contribution is -2.29. The van der Waals surface area contributed by atoms with Crippen LogP contribution in [0.4, 0.5) is 0 Å². The molecule has 0 unspecified atom stereocenters. The number of aryl methyl sites for hydroxylation is 2. The van der Waals surface area contributed by atoms with Crippen LogP contribution in [0.25, 0.3) is 0 Å². The van der Waals surface area contributed by atoms with E-state index in [1.165, 1.54) is 0 Å². The van der Waals surface area contributed by atoms with E-state index in [9.17, 15) is 4.79 Å². The Bertz CT molecular complexity index is 414. The van der Waals surface area contributed by atoms with Crippen LogP contribution >= 0.6 is 0 Å². The van der Waals surface area contributed by atoms with Crippen molar-refractivity contribution in [2.75, 3.05) is 13.1 Å². The zero-order valence-corrected chi connectivity index (χ0v) is 10.3. The molecule has 0 aromatic carbocycles. The van der Waals surface area contributed by atoms with Gasteiger partial charge in [-0.1, -0.05) is 12.1 Å². The van der Waals surface area contributed by atoms with Crippen molar-refractivity contribution in [3.05, 3.63) is 17.0 Å². The third kappa shape index (κ3) is 2.34. The average molecular weight is 238 g/mol. The van der Waals surface area contributed by atoms with Crippen LogP contribution in [0.15, 0.2) is 4.52 Å². The molecule has 1 atom stereocenters. The molecule has 1 aliphatic rings. The second-order valence-electron chi connectivity index (χ2n) is 4.47. The number of aromatic nitrogens is 1. The highest BCUT2D eigenvalue weighted by Gasteiger charge is 2.32. The van der Waals surface area contributed by atoms with Gasteiger partial charge >= 0.3 is 5.97 Å². The Kier molecular flexibility index (Phi) is 3.47. The van der Waals surface area contributed by atoms with Crippen LogP contribution < -0.4 is 0 Å². The van der Waals surface area contributed by atoms with Gasteiger partial charge in [0.2, 0.25) is 0 Å². The van der Waals surface area contributed by atoms with Crippen molar-refractivity contribution in [1.82, 2.24) is 10.1 Å². The van der Waals surface area contributed by atoms with Crippen molar-refractivity contribution in [3.8, 4) is 0 Å². The summed E-state index contributed by atoms with van der Waals surface area (Å²) in [5, 5.41) is 12.9. The van der Waals surface area contributed by atoms with Crippen molar-refractivity contribution in [2.24, 2.45) is 0 Å². The van der Waals surface area contributed by atoms with Gasteiger partial charge in [0.1, 0.15) is 5.76 Å². The van der Waals surface area contributed by atoms with E-state index in [1.54, 1.807) is 0 Å². The minimum atomic E-state index is -0.774. The number of likely N-dealkylation sites (tertiary alicyclic amines) is 1. The van der Waals surface area contributed by atoms with Crippen LogP contribution in [0.2, 0.25) is 0 Å². The lowest BCUT2D eigenvalue weighted by atomic mass is 10.0. The zero-order valence-electron chi connectivity index (χ0n) is 10.3. The van der Waals surface area contributed by atoms with Crippen molar-refractivity contribution < 1.29 is 14.4 Å². The fourth-order valence-corrected chi connectivity index (χ4v) is 2.62. The van der Waals surface area contributed by atoms with Gasteiger partial charge in [-0.05, 0) is 32.7 Å². The number of hydrogen-bond acceptors (Lipinski definition) is 4. The molecule has 1 aliphatic heterocycles. The van der Waals surface area contributed by atoms with Crippen LogP contribution in [-0.2, 0) is 11.2 Å². The quantitative estimate of drug-likeness (QED) is 0.865. The third-order valence-corrected chi connectivity index (χ3v) is 3.35. The maximum atomic E-state index is 10.8. The maximum Gasteiger partial charge on any atom is 0.317 e. The molecular formula is C12H18N2O3. The van der Waals surface area contributed by atoms with Crippen molar-refractivity contribution in [3.63, 3.8) is 0 Å². The Balaban J connectivity index is 2.25. The second kappa shape index (κ2) is 4.87. The molecule has 17 heavy (non-hydrogen) atoms. The Morgan fingerprint density at radius 2 is 2.41 bits per heavy atom. The highest BCUT2D eigenvalue weighted by Crippen LogP contribution is 2.35. The van der Waals surface area contributed by atoms with Crippen LogP contribution in [0, 0.1) is 6.92 Å². The average Bonchev–Trinajstić information content (AvgIpc) is 2.83. The lowest BCUT2D eigenvalue weighted by Gasteiger charge is -2.22. The minimum Gasteiger partial charge on any atom is -0.480 e. The normalized spacial score (nSPS) is 20.9. The van der Waals surface area contributed by atoms with Crippen LogP contribution in [0.5, 0.6) is 0 Å². The van der Waals surface area contributed by atoms with Crippen molar-refractivity contribution in [1.29, 1.82) is 0 Å². The second-order valence-corrected chi connectivity index (χ2v) is 4.47. The largest absolute Gasteiger partial charge is 0.480 e. The molecular weight excluding hydrogens is 220 g/mol. The Morgan fingerprint density at radius 1 is 1.65 bits per heavy atom. The Morgan fingerprint density at radius 3 is 3.06 bits per heavy atom. The van der Waals surface area contributed by atoms with Gasteiger partial charge in [-0.2, -0.15) is 0 Å². The van der Waals surface area contributed by atoms with Crippen molar-refractivity contribution in [2.45, 2.75) is 39.2 Å². The maximum absolute atomic E-state index is 10.8. The minimum absolute atomic E-state index is 0.0957. The summed E-state index contributed by atoms with van der Waals surface area (Å²) in [4.78, 5) is 12.8. The molecule has 0 spiro atoms. The Labute approximate surface area is 100 Å². The molecule has 5 heteroatoms. The molecule has 0 bridgehead atoms. The van der Waals surface area contributed by atoms with Gasteiger partial charge in [-0.15, -0.1) is 0 Å². The van der Waals surface area contributed by atoms with E-state index in [0.717, 1.165) is 42.8 Å². The number of hydrogen-bond donors (Lipinski definition) is 1. The van der Waals surface area contributed by atoms with E-state index in [2.05, 4.69) is 5.16 Å². The standard InChI is InChI=1S/C12H18N2O3/c1-3-9-12(8(2)17-13-9)10-5-4-6-14(10)7-11(15)16/h10H,3-7H2,1-2H3,(H,15,16)/t10-/m0/s1. The summed E-state index contributed by atoms with van der Waals surface area (Å²) in [5.41, 5.74) is 2.07. The van der Waals surface area contributed by atoms with Gasteiger partial charge < -0.3 is 9.63 Å². The molecule has 1 saturated heterocycles. The summed E-state index contributed by atoms with van der Waals surface area (Å²) < 4.78 is 5.23. The number of carboxylic acid groups (broad SMARTS) is 1. The molecule has 0 radical (unpaired) electrons. The first-order valence-corrected chi connectivity index (χ1v) is 6.04. The molecule has 0 aliphatic carbocycles. The smallest absolute Gasteiger partial charge is 0.317 e. The fraction of sp³-hybridized carbons (Fsp3) is 0.667. The molecule has 0 amide bonds. The Hall–Kier alpha value is -1.36. The van der Waals surface area contributed by atoms with E-state index in [1.807, 2.05) is 18.7 Å². The van der Waals surface area contributed by atoms with Crippen LogP contribution in [0.3, 0.4) is 0 Å². The topological polar surface area (TPSA) is 66.6 Å². The predicted molar refractivity (Wildman–Crippen MR) is 61.8 cm³/mol. The summed E-state index contributed by atoms with van der Waals surface area (Å²) in [6.07, 6.45) is 2.85. The first-order valence-electron chi connectivity index (χ1n) is 6.04. The molecule has 1 aromatic rings. The number of aliphatic carboxylic acids is 1. The van der Waals surface area contributed by atoms with Gasteiger partial charge in [0.15, 0.2) is 0 Å². The van der Waals surface area contributed by atoms with Gasteiger partial charge in [-0.25, -0.2) is 0 Å². The molecule has 1 N–H and O–H groups in total. The van der Waals surface area contributed by atoms with E-state index in [-0.39, 0.29) is 12.6 Å².